The molecule has 20 heavy (non-hydrogen) atoms. The van der Waals surface area contributed by atoms with Gasteiger partial charge in [-0.05, 0) is 32.8 Å². The maximum atomic E-state index is 4.64. The zero-order chi connectivity index (χ0) is 14.5. The minimum absolute atomic E-state index is 0.656. The average molecular weight is 271 g/mol. The number of nitrogens with zero attached hydrogens (tertiary/aromatic N) is 4. The first-order valence-corrected chi connectivity index (χ1v) is 7.07. The Bertz CT molecular complexity index is 595. The van der Waals surface area contributed by atoms with Gasteiger partial charge >= 0.3 is 0 Å². The topological polar surface area (TPSA) is 63.6 Å². The molecule has 2 heterocycles. The van der Waals surface area contributed by atoms with Crippen molar-refractivity contribution in [1.29, 1.82) is 0 Å². The summed E-state index contributed by atoms with van der Waals surface area (Å²) in [7, 11) is 0. The number of aromatic nitrogens is 4. The molecule has 1 N–H and O–H groups in total. The van der Waals surface area contributed by atoms with Gasteiger partial charge in [0.25, 0.3) is 0 Å². The van der Waals surface area contributed by atoms with Gasteiger partial charge in [0.15, 0.2) is 5.82 Å². The molecule has 0 aliphatic heterocycles. The predicted molar refractivity (Wildman–Crippen MR) is 80.7 cm³/mol. The van der Waals surface area contributed by atoms with Gasteiger partial charge in [-0.1, -0.05) is 13.8 Å². The fraction of sp³-hybridized carbons (Fsp3) is 0.467. The monoisotopic (exact) mass is 271 g/mol. The van der Waals surface area contributed by atoms with Gasteiger partial charge in [-0.2, -0.15) is 0 Å². The van der Waals surface area contributed by atoms with Crippen LogP contribution in [0.25, 0.3) is 11.5 Å². The van der Waals surface area contributed by atoms with Gasteiger partial charge in [0.2, 0.25) is 0 Å². The van der Waals surface area contributed by atoms with E-state index < -0.39 is 0 Å². The highest BCUT2D eigenvalue weighted by Gasteiger charge is 2.12. The SMILES string of the molecule is CCCNc1nc(-c2ccnc(C)n2)nc(C)c1CC. The van der Waals surface area contributed by atoms with Gasteiger partial charge < -0.3 is 5.32 Å². The summed E-state index contributed by atoms with van der Waals surface area (Å²) in [6.45, 7) is 9.06. The summed E-state index contributed by atoms with van der Waals surface area (Å²) in [4.78, 5) is 17.7. The summed E-state index contributed by atoms with van der Waals surface area (Å²) >= 11 is 0. The normalized spacial score (nSPS) is 10.6. The molecular formula is C15H21N5. The fourth-order valence-corrected chi connectivity index (χ4v) is 2.10. The molecule has 0 atom stereocenters. The second-order valence-electron chi connectivity index (χ2n) is 4.73. The summed E-state index contributed by atoms with van der Waals surface area (Å²) in [6, 6.07) is 1.84. The van der Waals surface area contributed by atoms with Gasteiger partial charge in [-0.15, -0.1) is 0 Å². The molecule has 2 aromatic rings. The Labute approximate surface area is 119 Å². The molecule has 0 bridgehead atoms. The molecule has 2 rings (SSSR count). The molecule has 5 nitrogen and oxygen atoms in total. The summed E-state index contributed by atoms with van der Waals surface area (Å²) in [6.07, 6.45) is 3.72. The maximum Gasteiger partial charge on any atom is 0.180 e. The van der Waals surface area contributed by atoms with Crippen molar-refractivity contribution >= 4 is 5.82 Å². The lowest BCUT2D eigenvalue weighted by Gasteiger charge is -2.13. The van der Waals surface area contributed by atoms with E-state index in [1.165, 1.54) is 5.56 Å². The quantitative estimate of drug-likeness (QED) is 0.905. The number of hydrogen-bond donors (Lipinski definition) is 1. The van der Waals surface area contributed by atoms with E-state index in [4.69, 9.17) is 0 Å². The third-order valence-electron chi connectivity index (χ3n) is 3.12. The highest BCUT2D eigenvalue weighted by atomic mass is 15.0. The molecule has 0 fully saturated rings. The van der Waals surface area contributed by atoms with E-state index in [-0.39, 0.29) is 0 Å². The minimum atomic E-state index is 0.656. The molecule has 0 saturated carbocycles. The van der Waals surface area contributed by atoms with E-state index in [1.807, 2.05) is 19.9 Å². The number of nitrogens with one attached hydrogen (secondary N) is 1. The fourth-order valence-electron chi connectivity index (χ4n) is 2.10. The lowest BCUT2D eigenvalue weighted by atomic mass is 10.1. The van der Waals surface area contributed by atoms with Crippen LogP contribution in [0.4, 0.5) is 5.82 Å². The molecule has 0 radical (unpaired) electrons. The van der Waals surface area contributed by atoms with Crippen LogP contribution in [0.3, 0.4) is 0 Å². The van der Waals surface area contributed by atoms with Crippen LogP contribution in [0.2, 0.25) is 0 Å². The smallest absolute Gasteiger partial charge is 0.180 e. The van der Waals surface area contributed by atoms with Crippen molar-refractivity contribution in [1.82, 2.24) is 19.9 Å². The van der Waals surface area contributed by atoms with Crippen LogP contribution in [-0.2, 0) is 6.42 Å². The lowest BCUT2D eigenvalue weighted by Crippen LogP contribution is -2.09. The highest BCUT2D eigenvalue weighted by Crippen LogP contribution is 2.21. The van der Waals surface area contributed by atoms with Crippen molar-refractivity contribution in [2.45, 2.75) is 40.5 Å². The van der Waals surface area contributed by atoms with Crippen LogP contribution in [0, 0.1) is 13.8 Å². The van der Waals surface area contributed by atoms with Gasteiger partial charge in [0.1, 0.15) is 17.3 Å². The predicted octanol–water partition coefficient (Wildman–Crippen LogP) is 2.93. The molecule has 0 aromatic carbocycles. The largest absolute Gasteiger partial charge is 0.370 e. The number of hydrogen-bond acceptors (Lipinski definition) is 5. The summed E-state index contributed by atoms with van der Waals surface area (Å²) in [5.74, 6) is 2.31. The first-order valence-electron chi connectivity index (χ1n) is 7.07. The summed E-state index contributed by atoms with van der Waals surface area (Å²) in [5.41, 5.74) is 2.95. The van der Waals surface area contributed by atoms with Crippen molar-refractivity contribution in [3.05, 3.63) is 29.3 Å². The Balaban J connectivity index is 2.47. The number of rotatable bonds is 5. The standard InChI is InChI=1S/C15H21N5/c1-5-8-17-14-12(6-2)10(3)18-15(20-14)13-7-9-16-11(4)19-13/h7,9H,5-6,8H2,1-4H3,(H,17,18,20). The summed E-state index contributed by atoms with van der Waals surface area (Å²) in [5, 5.41) is 3.38. The Morgan fingerprint density at radius 1 is 1.10 bits per heavy atom. The minimum Gasteiger partial charge on any atom is -0.370 e. The van der Waals surface area contributed by atoms with Crippen molar-refractivity contribution in [2.24, 2.45) is 0 Å². The second-order valence-corrected chi connectivity index (χ2v) is 4.73. The third kappa shape index (κ3) is 3.10. The molecule has 106 valence electrons. The van der Waals surface area contributed by atoms with Crippen molar-refractivity contribution in [3.8, 4) is 11.5 Å². The Morgan fingerprint density at radius 3 is 2.55 bits per heavy atom. The molecule has 5 heteroatoms. The second kappa shape index (κ2) is 6.41. The van der Waals surface area contributed by atoms with E-state index in [9.17, 15) is 0 Å². The van der Waals surface area contributed by atoms with Crippen LogP contribution >= 0.6 is 0 Å². The van der Waals surface area contributed by atoms with Crippen LogP contribution in [0.1, 0.15) is 37.4 Å². The van der Waals surface area contributed by atoms with E-state index in [0.29, 0.717) is 5.82 Å². The van der Waals surface area contributed by atoms with Crippen LogP contribution < -0.4 is 5.32 Å². The first kappa shape index (κ1) is 14.4. The summed E-state index contributed by atoms with van der Waals surface area (Å²) < 4.78 is 0. The molecular weight excluding hydrogens is 250 g/mol. The molecule has 0 spiro atoms. The zero-order valence-corrected chi connectivity index (χ0v) is 12.6. The maximum absolute atomic E-state index is 4.64. The highest BCUT2D eigenvalue weighted by molar-refractivity contribution is 5.56. The van der Waals surface area contributed by atoms with Crippen molar-refractivity contribution in [2.75, 3.05) is 11.9 Å². The molecule has 0 amide bonds. The van der Waals surface area contributed by atoms with E-state index in [2.05, 4.69) is 39.1 Å². The van der Waals surface area contributed by atoms with E-state index in [0.717, 1.165) is 42.4 Å². The molecule has 0 aliphatic rings. The number of anilines is 1. The first-order chi connectivity index (χ1) is 9.65. The van der Waals surface area contributed by atoms with Crippen molar-refractivity contribution in [3.63, 3.8) is 0 Å². The van der Waals surface area contributed by atoms with Crippen LogP contribution in [0.15, 0.2) is 12.3 Å². The number of aryl methyl sites for hydroxylation is 2. The Hall–Kier alpha value is -2.04. The third-order valence-corrected chi connectivity index (χ3v) is 3.12. The van der Waals surface area contributed by atoms with Crippen LogP contribution in [0.5, 0.6) is 0 Å². The molecule has 0 aliphatic carbocycles. The van der Waals surface area contributed by atoms with Gasteiger partial charge in [-0.3, -0.25) is 0 Å². The Kier molecular flexibility index (Phi) is 4.61. The van der Waals surface area contributed by atoms with E-state index in [1.54, 1.807) is 6.20 Å². The van der Waals surface area contributed by atoms with Gasteiger partial charge in [0.05, 0.1) is 0 Å². The zero-order valence-electron chi connectivity index (χ0n) is 12.6. The average Bonchev–Trinajstić information content (AvgIpc) is 2.44. The molecule has 0 unspecified atom stereocenters. The molecule has 2 aromatic heterocycles. The molecule has 0 saturated heterocycles. The van der Waals surface area contributed by atoms with Gasteiger partial charge in [0, 0.05) is 24.0 Å². The van der Waals surface area contributed by atoms with E-state index >= 15 is 0 Å². The lowest BCUT2D eigenvalue weighted by molar-refractivity contribution is 0.933. The Morgan fingerprint density at radius 2 is 1.90 bits per heavy atom. The van der Waals surface area contributed by atoms with Gasteiger partial charge in [-0.25, -0.2) is 19.9 Å². The van der Waals surface area contributed by atoms with Crippen molar-refractivity contribution < 1.29 is 0 Å². The van der Waals surface area contributed by atoms with Crippen LogP contribution in [-0.4, -0.2) is 26.5 Å².